The lowest BCUT2D eigenvalue weighted by Crippen LogP contribution is -2.59. The third kappa shape index (κ3) is 2.08. The van der Waals surface area contributed by atoms with Gasteiger partial charge in [0.15, 0.2) is 0 Å². The highest BCUT2D eigenvalue weighted by molar-refractivity contribution is 5.83. The van der Waals surface area contributed by atoms with Gasteiger partial charge in [-0.1, -0.05) is 19.3 Å². The normalized spacial score (nSPS) is 35.4. The summed E-state index contributed by atoms with van der Waals surface area (Å²) in [7, 11) is 0. The van der Waals surface area contributed by atoms with E-state index in [4.69, 9.17) is 0 Å². The van der Waals surface area contributed by atoms with Crippen LogP contribution in [0, 0.1) is 5.92 Å². The second-order valence-electron chi connectivity index (χ2n) is 4.69. The SMILES string of the molecule is C[C@@H]1CN[C@@H](C2CCCCC2)C(=O)N1. The Bertz CT molecular complexity index is 211. The number of nitrogens with one attached hydrogen (secondary N) is 2. The fraction of sp³-hybridized carbons (Fsp3) is 0.909. The van der Waals surface area contributed by atoms with Gasteiger partial charge in [0.05, 0.1) is 6.04 Å². The molecule has 14 heavy (non-hydrogen) atoms. The molecular formula is C11H20N2O. The summed E-state index contributed by atoms with van der Waals surface area (Å²) in [6.45, 7) is 2.97. The molecule has 0 aromatic heterocycles. The molecule has 1 saturated heterocycles. The van der Waals surface area contributed by atoms with E-state index < -0.39 is 0 Å². The van der Waals surface area contributed by atoms with Crippen molar-refractivity contribution in [2.75, 3.05) is 6.54 Å². The molecule has 0 radical (unpaired) electrons. The van der Waals surface area contributed by atoms with Gasteiger partial charge in [-0.3, -0.25) is 4.79 Å². The van der Waals surface area contributed by atoms with E-state index in [-0.39, 0.29) is 11.9 Å². The second-order valence-corrected chi connectivity index (χ2v) is 4.69. The molecule has 0 aromatic carbocycles. The molecule has 1 heterocycles. The molecule has 0 unspecified atom stereocenters. The van der Waals surface area contributed by atoms with Crippen LogP contribution >= 0.6 is 0 Å². The summed E-state index contributed by atoms with van der Waals surface area (Å²) < 4.78 is 0. The number of hydrogen-bond acceptors (Lipinski definition) is 2. The van der Waals surface area contributed by atoms with Crippen LogP contribution in [0.2, 0.25) is 0 Å². The number of piperazine rings is 1. The average molecular weight is 196 g/mol. The lowest BCUT2D eigenvalue weighted by molar-refractivity contribution is -0.127. The maximum Gasteiger partial charge on any atom is 0.237 e. The molecule has 1 saturated carbocycles. The van der Waals surface area contributed by atoms with Crippen LogP contribution in [0.25, 0.3) is 0 Å². The molecule has 0 aromatic rings. The van der Waals surface area contributed by atoms with Gasteiger partial charge in [-0.15, -0.1) is 0 Å². The van der Waals surface area contributed by atoms with Gasteiger partial charge in [0, 0.05) is 12.6 Å². The summed E-state index contributed by atoms with van der Waals surface area (Å²) in [5.74, 6) is 0.798. The van der Waals surface area contributed by atoms with Gasteiger partial charge in [0.2, 0.25) is 5.91 Å². The highest BCUT2D eigenvalue weighted by atomic mass is 16.2. The molecule has 2 atom stereocenters. The number of carbonyl (C=O) groups is 1. The molecular weight excluding hydrogens is 176 g/mol. The van der Waals surface area contributed by atoms with E-state index in [1.165, 1.54) is 32.1 Å². The van der Waals surface area contributed by atoms with E-state index in [0.717, 1.165) is 6.54 Å². The Labute approximate surface area is 85.6 Å². The summed E-state index contributed by atoms with van der Waals surface area (Å²) in [5.41, 5.74) is 0. The molecule has 1 aliphatic heterocycles. The Kier molecular flexibility index (Phi) is 3.06. The van der Waals surface area contributed by atoms with Crippen molar-refractivity contribution in [3.63, 3.8) is 0 Å². The molecule has 3 heteroatoms. The predicted molar refractivity (Wildman–Crippen MR) is 56.0 cm³/mol. The molecule has 1 amide bonds. The second kappa shape index (κ2) is 4.30. The van der Waals surface area contributed by atoms with Gasteiger partial charge < -0.3 is 10.6 Å². The van der Waals surface area contributed by atoms with Crippen LogP contribution in [-0.4, -0.2) is 24.5 Å². The number of rotatable bonds is 1. The minimum absolute atomic E-state index is 0.0894. The van der Waals surface area contributed by atoms with E-state index in [2.05, 4.69) is 10.6 Å². The lowest BCUT2D eigenvalue weighted by atomic mass is 9.83. The van der Waals surface area contributed by atoms with Crippen LogP contribution < -0.4 is 10.6 Å². The number of amides is 1. The molecule has 80 valence electrons. The van der Waals surface area contributed by atoms with Gasteiger partial charge in [0.25, 0.3) is 0 Å². The minimum atomic E-state index is 0.0894. The Morgan fingerprint density at radius 3 is 2.57 bits per heavy atom. The van der Waals surface area contributed by atoms with E-state index in [0.29, 0.717) is 12.0 Å². The van der Waals surface area contributed by atoms with Gasteiger partial charge >= 0.3 is 0 Å². The molecule has 2 fully saturated rings. The first-order valence-corrected chi connectivity index (χ1v) is 5.81. The van der Waals surface area contributed by atoms with E-state index in [9.17, 15) is 4.79 Å². The van der Waals surface area contributed by atoms with Crippen LogP contribution in [0.4, 0.5) is 0 Å². The lowest BCUT2D eigenvalue weighted by Gasteiger charge is -2.35. The summed E-state index contributed by atoms with van der Waals surface area (Å²) in [4.78, 5) is 11.7. The first-order chi connectivity index (χ1) is 6.77. The Hall–Kier alpha value is -0.570. The average Bonchev–Trinajstić information content (AvgIpc) is 2.19. The standard InChI is InChI=1S/C11H20N2O/c1-8-7-12-10(11(14)13-8)9-5-3-2-4-6-9/h8-10,12H,2-7H2,1H3,(H,13,14)/t8-,10+/m1/s1. The van der Waals surface area contributed by atoms with Gasteiger partial charge in [-0.25, -0.2) is 0 Å². The minimum Gasteiger partial charge on any atom is -0.351 e. The quantitative estimate of drug-likeness (QED) is 0.658. The highest BCUT2D eigenvalue weighted by Gasteiger charge is 2.32. The third-order valence-electron chi connectivity index (χ3n) is 3.44. The van der Waals surface area contributed by atoms with Crippen LogP contribution in [0.3, 0.4) is 0 Å². The molecule has 1 aliphatic carbocycles. The van der Waals surface area contributed by atoms with Crippen LogP contribution in [0.1, 0.15) is 39.0 Å². The predicted octanol–water partition coefficient (Wildman–Crippen LogP) is 1.04. The van der Waals surface area contributed by atoms with Gasteiger partial charge in [-0.05, 0) is 25.7 Å². The maximum atomic E-state index is 11.7. The van der Waals surface area contributed by atoms with Crippen molar-refractivity contribution in [2.24, 2.45) is 5.92 Å². The molecule has 2 N–H and O–H groups in total. The number of carbonyl (C=O) groups excluding carboxylic acids is 1. The van der Waals surface area contributed by atoms with Crippen LogP contribution in [0.15, 0.2) is 0 Å². The Morgan fingerprint density at radius 2 is 1.93 bits per heavy atom. The maximum absolute atomic E-state index is 11.7. The summed E-state index contributed by atoms with van der Waals surface area (Å²) >= 11 is 0. The summed E-state index contributed by atoms with van der Waals surface area (Å²) in [5, 5.41) is 6.40. The largest absolute Gasteiger partial charge is 0.351 e. The zero-order valence-electron chi connectivity index (χ0n) is 8.88. The van der Waals surface area contributed by atoms with Crippen molar-refractivity contribution >= 4 is 5.91 Å². The zero-order valence-corrected chi connectivity index (χ0v) is 8.88. The van der Waals surface area contributed by atoms with Crippen LogP contribution in [0.5, 0.6) is 0 Å². The molecule has 2 rings (SSSR count). The van der Waals surface area contributed by atoms with Crippen molar-refractivity contribution in [3.05, 3.63) is 0 Å². The van der Waals surface area contributed by atoms with E-state index in [1.807, 2.05) is 6.92 Å². The monoisotopic (exact) mass is 196 g/mol. The van der Waals surface area contributed by atoms with Gasteiger partial charge in [-0.2, -0.15) is 0 Å². The van der Waals surface area contributed by atoms with Crippen LogP contribution in [-0.2, 0) is 4.79 Å². The van der Waals surface area contributed by atoms with E-state index in [1.54, 1.807) is 0 Å². The van der Waals surface area contributed by atoms with Crippen molar-refractivity contribution in [2.45, 2.75) is 51.1 Å². The fourth-order valence-electron chi connectivity index (χ4n) is 2.63. The van der Waals surface area contributed by atoms with Gasteiger partial charge in [0.1, 0.15) is 0 Å². The van der Waals surface area contributed by atoms with Crippen molar-refractivity contribution in [1.82, 2.24) is 10.6 Å². The first-order valence-electron chi connectivity index (χ1n) is 5.81. The van der Waals surface area contributed by atoms with E-state index >= 15 is 0 Å². The molecule has 3 nitrogen and oxygen atoms in total. The molecule has 0 spiro atoms. The summed E-state index contributed by atoms with van der Waals surface area (Å²) in [6, 6.07) is 0.383. The topological polar surface area (TPSA) is 41.1 Å². The zero-order chi connectivity index (χ0) is 9.97. The third-order valence-corrected chi connectivity index (χ3v) is 3.44. The highest BCUT2D eigenvalue weighted by Crippen LogP contribution is 2.27. The smallest absolute Gasteiger partial charge is 0.237 e. The van der Waals surface area contributed by atoms with Crippen molar-refractivity contribution in [1.29, 1.82) is 0 Å². The Balaban J connectivity index is 1.92. The Morgan fingerprint density at radius 1 is 1.21 bits per heavy atom. The first kappa shape index (κ1) is 9.97. The molecule has 2 aliphatic rings. The molecule has 0 bridgehead atoms. The fourth-order valence-corrected chi connectivity index (χ4v) is 2.63. The number of hydrogen-bond donors (Lipinski definition) is 2. The summed E-state index contributed by atoms with van der Waals surface area (Å²) in [6.07, 6.45) is 6.39. The van der Waals surface area contributed by atoms with Crippen molar-refractivity contribution < 1.29 is 4.79 Å². The van der Waals surface area contributed by atoms with Crippen molar-refractivity contribution in [3.8, 4) is 0 Å².